The van der Waals surface area contributed by atoms with Crippen LogP contribution in [0.1, 0.15) is 44.1 Å². The Kier molecular flexibility index (Phi) is 3.68. The van der Waals surface area contributed by atoms with Crippen molar-refractivity contribution in [1.29, 1.82) is 0 Å². The lowest BCUT2D eigenvalue weighted by atomic mass is 9.52. The van der Waals surface area contributed by atoms with Crippen molar-refractivity contribution in [1.82, 2.24) is 4.90 Å². The summed E-state index contributed by atoms with van der Waals surface area (Å²) >= 11 is 5.96. The van der Waals surface area contributed by atoms with Gasteiger partial charge in [-0.05, 0) is 61.8 Å². The molecule has 5 rings (SSSR count). The van der Waals surface area contributed by atoms with Crippen molar-refractivity contribution in [3.63, 3.8) is 0 Å². The number of halogens is 1. The van der Waals surface area contributed by atoms with Crippen molar-refractivity contribution >= 4 is 17.5 Å². The monoisotopic (exact) mass is 317 g/mol. The third-order valence-electron chi connectivity index (χ3n) is 6.18. The van der Waals surface area contributed by atoms with Gasteiger partial charge < -0.3 is 4.90 Å². The summed E-state index contributed by atoms with van der Waals surface area (Å²) < 4.78 is 0. The number of nitrogens with zero attached hydrogens (tertiary/aromatic N) is 1. The Balaban J connectivity index is 1.64. The molecule has 0 unspecified atom stereocenters. The number of carbonyl (C=O) groups is 1. The first kappa shape index (κ1) is 14.6. The van der Waals surface area contributed by atoms with Gasteiger partial charge in [0.15, 0.2) is 0 Å². The molecule has 22 heavy (non-hydrogen) atoms. The molecular formula is C19H24ClNO. The highest BCUT2D eigenvalue weighted by Crippen LogP contribution is 2.58. The Morgan fingerprint density at radius 1 is 1.05 bits per heavy atom. The highest BCUT2D eigenvalue weighted by Gasteiger charge is 2.54. The second-order valence-electron chi connectivity index (χ2n) is 7.74. The van der Waals surface area contributed by atoms with Crippen LogP contribution < -0.4 is 0 Å². The van der Waals surface area contributed by atoms with E-state index in [1.807, 2.05) is 6.07 Å². The van der Waals surface area contributed by atoms with Gasteiger partial charge in [-0.2, -0.15) is 0 Å². The van der Waals surface area contributed by atoms with E-state index in [0.717, 1.165) is 24.3 Å². The Hall–Kier alpha value is -1.02. The average molecular weight is 318 g/mol. The predicted octanol–water partition coefficient (Wildman–Crippen LogP) is 4.22. The first-order valence-corrected chi connectivity index (χ1v) is 9.12. The molecular weight excluding hydrogens is 294 g/mol. The van der Waals surface area contributed by atoms with Gasteiger partial charge >= 0.3 is 0 Å². The molecule has 1 aromatic rings. The molecule has 1 aromatic carbocycles. The molecule has 1 amide bonds. The van der Waals surface area contributed by atoms with E-state index in [2.05, 4.69) is 29.2 Å². The minimum atomic E-state index is 0.0938. The molecule has 0 atom stereocenters. The van der Waals surface area contributed by atoms with Crippen LogP contribution in [0.15, 0.2) is 30.3 Å². The summed E-state index contributed by atoms with van der Waals surface area (Å²) in [7, 11) is 0. The molecule has 3 heteroatoms. The van der Waals surface area contributed by atoms with E-state index in [0.29, 0.717) is 0 Å². The zero-order valence-corrected chi connectivity index (χ0v) is 13.8. The molecule has 2 nitrogen and oxygen atoms in total. The fourth-order valence-electron chi connectivity index (χ4n) is 5.75. The molecule has 4 aliphatic carbocycles. The number of amides is 1. The van der Waals surface area contributed by atoms with E-state index in [1.165, 1.54) is 44.1 Å². The van der Waals surface area contributed by atoms with Gasteiger partial charge in [-0.1, -0.05) is 30.3 Å². The molecule has 0 aliphatic heterocycles. The lowest BCUT2D eigenvalue weighted by Gasteiger charge is -2.60. The number of alkyl halides is 1. The number of rotatable bonds is 4. The lowest BCUT2D eigenvalue weighted by molar-refractivity contribution is -0.149. The molecule has 4 aliphatic rings. The van der Waals surface area contributed by atoms with Crippen LogP contribution in [0.3, 0.4) is 0 Å². The van der Waals surface area contributed by atoms with E-state index in [1.54, 1.807) is 0 Å². The summed E-state index contributed by atoms with van der Waals surface area (Å²) in [5.41, 5.74) is 1.31. The highest BCUT2D eigenvalue weighted by atomic mass is 35.5. The normalized spacial score (nSPS) is 35.6. The molecule has 118 valence electrons. The van der Waals surface area contributed by atoms with E-state index in [9.17, 15) is 4.79 Å². The zero-order valence-electron chi connectivity index (χ0n) is 13.0. The maximum atomic E-state index is 12.6. The van der Waals surface area contributed by atoms with Gasteiger partial charge in [0, 0.05) is 12.1 Å². The Morgan fingerprint density at radius 2 is 1.59 bits per heavy atom. The largest absolute Gasteiger partial charge is 0.332 e. The fourth-order valence-corrected chi connectivity index (χ4v) is 5.90. The molecule has 0 spiro atoms. The minimum Gasteiger partial charge on any atom is -0.332 e. The summed E-state index contributed by atoms with van der Waals surface area (Å²) in [6.07, 6.45) is 7.80. The van der Waals surface area contributed by atoms with E-state index in [4.69, 9.17) is 11.6 Å². The quantitative estimate of drug-likeness (QED) is 0.761. The Morgan fingerprint density at radius 3 is 2.09 bits per heavy atom. The molecule has 4 saturated carbocycles. The average Bonchev–Trinajstić information content (AvgIpc) is 2.51. The van der Waals surface area contributed by atoms with Crippen molar-refractivity contribution in [2.45, 2.75) is 50.6 Å². The Labute approximate surface area is 137 Å². The van der Waals surface area contributed by atoms with E-state index < -0.39 is 0 Å². The van der Waals surface area contributed by atoms with Crippen LogP contribution in [-0.4, -0.2) is 22.2 Å². The number of hydrogen-bond donors (Lipinski definition) is 0. The van der Waals surface area contributed by atoms with Gasteiger partial charge in [0.2, 0.25) is 5.91 Å². The molecule has 4 bridgehead atoms. The standard InChI is InChI=1S/C19H24ClNO/c20-12-18(22)21(13-14-4-2-1-3-5-14)19-9-15-6-16(10-19)8-17(7-15)11-19/h1-5,15-17H,6-13H2. The molecule has 0 heterocycles. The summed E-state index contributed by atoms with van der Waals surface area (Å²) in [6, 6.07) is 10.4. The van der Waals surface area contributed by atoms with Crippen LogP contribution in [-0.2, 0) is 11.3 Å². The highest BCUT2D eigenvalue weighted by molar-refractivity contribution is 6.27. The first-order chi connectivity index (χ1) is 10.7. The summed E-state index contributed by atoms with van der Waals surface area (Å²) in [6.45, 7) is 0.721. The molecule has 0 radical (unpaired) electrons. The van der Waals surface area contributed by atoms with Crippen LogP contribution in [0.25, 0.3) is 0 Å². The third-order valence-corrected chi connectivity index (χ3v) is 6.41. The summed E-state index contributed by atoms with van der Waals surface area (Å²) in [4.78, 5) is 14.8. The molecule has 0 saturated heterocycles. The van der Waals surface area contributed by atoms with Gasteiger partial charge in [0.05, 0.1) is 0 Å². The van der Waals surface area contributed by atoms with Gasteiger partial charge in [-0.15, -0.1) is 11.6 Å². The lowest BCUT2D eigenvalue weighted by Crippen LogP contribution is -2.61. The smallest absolute Gasteiger partial charge is 0.238 e. The molecule has 0 aromatic heterocycles. The maximum Gasteiger partial charge on any atom is 0.238 e. The topological polar surface area (TPSA) is 20.3 Å². The first-order valence-electron chi connectivity index (χ1n) is 8.59. The second-order valence-corrected chi connectivity index (χ2v) is 8.01. The minimum absolute atomic E-state index is 0.0938. The number of carbonyl (C=O) groups excluding carboxylic acids is 1. The van der Waals surface area contributed by atoms with Gasteiger partial charge in [-0.25, -0.2) is 0 Å². The predicted molar refractivity (Wildman–Crippen MR) is 88.6 cm³/mol. The van der Waals surface area contributed by atoms with Gasteiger partial charge in [0.25, 0.3) is 0 Å². The van der Waals surface area contributed by atoms with Crippen LogP contribution in [0.5, 0.6) is 0 Å². The zero-order chi connectivity index (χ0) is 15.2. The summed E-state index contributed by atoms with van der Waals surface area (Å²) in [5.74, 6) is 2.75. The number of hydrogen-bond acceptors (Lipinski definition) is 1. The second kappa shape index (κ2) is 5.56. The van der Waals surface area contributed by atoms with E-state index >= 15 is 0 Å². The van der Waals surface area contributed by atoms with Crippen LogP contribution in [0.2, 0.25) is 0 Å². The van der Waals surface area contributed by atoms with Crippen molar-refractivity contribution in [2.75, 3.05) is 5.88 Å². The fraction of sp³-hybridized carbons (Fsp3) is 0.632. The van der Waals surface area contributed by atoms with Gasteiger partial charge in [-0.3, -0.25) is 4.79 Å². The van der Waals surface area contributed by atoms with Crippen molar-refractivity contribution in [3.8, 4) is 0 Å². The van der Waals surface area contributed by atoms with Crippen molar-refractivity contribution in [2.24, 2.45) is 17.8 Å². The van der Waals surface area contributed by atoms with Gasteiger partial charge in [0.1, 0.15) is 5.88 Å². The van der Waals surface area contributed by atoms with Crippen LogP contribution in [0.4, 0.5) is 0 Å². The third kappa shape index (κ3) is 2.46. The molecule has 0 N–H and O–H groups in total. The van der Waals surface area contributed by atoms with Crippen LogP contribution in [0, 0.1) is 17.8 Å². The molecule has 4 fully saturated rings. The maximum absolute atomic E-state index is 12.6. The summed E-state index contributed by atoms with van der Waals surface area (Å²) in [5, 5.41) is 0. The van der Waals surface area contributed by atoms with Crippen molar-refractivity contribution in [3.05, 3.63) is 35.9 Å². The number of benzene rings is 1. The van der Waals surface area contributed by atoms with E-state index in [-0.39, 0.29) is 17.3 Å². The SMILES string of the molecule is O=C(CCl)N(Cc1ccccc1)C12CC3CC(CC(C3)C1)C2. The Bertz CT molecular complexity index is 521. The van der Waals surface area contributed by atoms with Crippen molar-refractivity contribution < 1.29 is 4.79 Å². The van der Waals surface area contributed by atoms with Crippen LogP contribution >= 0.6 is 11.6 Å².